The summed E-state index contributed by atoms with van der Waals surface area (Å²) in [6.07, 6.45) is 0. The quantitative estimate of drug-likeness (QED) is 0.526. The molecule has 0 fully saturated rings. The van der Waals surface area contributed by atoms with Crippen molar-refractivity contribution < 1.29 is 0 Å². The predicted octanol–water partition coefficient (Wildman–Crippen LogP) is 3.94. The molecule has 0 aliphatic rings. The molecule has 0 amide bonds. The third-order valence-electron chi connectivity index (χ3n) is 4.41. The number of aromatic nitrogens is 3. The summed E-state index contributed by atoms with van der Waals surface area (Å²) in [4.78, 5) is 22.5. The summed E-state index contributed by atoms with van der Waals surface area (Å²) >= 11 is 0. The highest BCUT2D eigenvalue weighted by Crippen LogP contribution is 2.24. The number of aryl methyl sites for hydroxylation is 1. The summed E-state index contributed by atoms with van der Waals surface area (Å²) in [5, 5.41) is 1.61. The molecule has 0 aliphatic carbocycles. The minimum absolute atomic E-state index is 0.0305. The molecule has 4 heteroatoms. The summed E-state index contributed by atoms with van der Waals surface area (Å²) in [5.74, 6) is 0.665. The Morgan fingerprint density at radius 1 is 0.958 bits per heavy atom. The number of benzene rings is 2. The van der Waals surface area contributed by atoms with Gasteiger partial charge in [-0.2, -0.15) is 0 Å². The first-order valence-electron chi connectivity index (χ1n) is 8.06. The lowest BCUT2D eigenvalue weighted by Crippen LogP contribution is -2.23. The second-order valence-corrected chi connectivity index (χ2v) is 5.80. The molecule has 4 rings (SSSR count). The van der Waals surface area contributed by atoms with Crippen molar-refractivity contribution in [2.45, 2.75) is 20.4 Å². The zero-order valence-electron chi connectivity index (χ0n) is 13.7. The number of para-hydroxylation sites is 1. The van der Waals surface area contributed by atoms with E-state index in [1.807, 2.05) is 68.4 Å². The fourth-order valence-corrected chi connectivity index (χ4v) is 3.19. The summed E-state index contributed by atoms with van der Waals surface area (Å²) in [5.41, 5.74) is 3.21. The molecule has 0 atom stereocenters. The molecule has 4 nitrogen and oxygen atoms in total. The average molecular weight is 315 g/mol. The molecule has 2 aromatic heterocycles. The molecule has 24 heavy (non-hydrogen) atoms. The Morgan fingerprint density at radius 2 is 1.67 bits per heavy atom. The second kappa shape index (κ2) is 5.57. The van der Waals surface area contributed by atoms with Gasteiger partial charge in [-0.3, -0.25) is 9.36 Å². The van der Waals surface area contributed by atoms with Crippen LogP contribution in [0.4, 0.5) is 0 Å². The lowest BCUT2D eigenvalue weighted by atomic mass is 10.1. The van der Waals surface area contributed by atoms with E-state index in [1.54, 1.807) is 4.57 Å². The third kappa shape index (κ3) is 2.11. The topological polar surface area (TPSA) is 47.8 Å². The van der Waals surface area contributed by atoms with Gasteiger partial charge in [-0.25, -0.2) is 9.97 Å². The Labute approximate surface area is 139 Å². The van der Waals surface area contributed by atoms with Gasteiger partial charge >= 0.3 is 0 Å². The van der Waals surface area contributed by atoms with Gasteiger partial charge in [0.25, 0.3) is 5.56 Å². The Hall–Kier alpha value is -3.01. The van der Waals surface area contributed by atoms with Crippen LogP contribution in [0, 0.1) is 6.92 Å². The summed E-state index contributed by atoms with van der Waals surface area (Å²) < 4.78 is 1.72. The van der Waals surface area contributed by atoms with Crippen molar-refractivity contribution in [2.24, 2.45) is 0 Å². The van der Waals surface area contributed by atoms with Crippen LogP contribution in [0.3, 0.4) is 0 Å². The molecule has 0 aliphatic heterocycles. The second-order valence-electron chi connectivity index (χ2n) is 5.80. The van der Waals surface area contributed by atoms with E-state index in [1.165, 1.54) is 0 Å². The van der Waals surface area contributed by atoms with Crippen molar-refractivity contribution in [1.29, 1.82) is 0 Å². The zero-order valence-corrected chi connectivity index (χ0v) is 13.7. The first-order valence-corrected chi connectivity index (χ1v) is 8.06. The van der Waals surface area contributed by atoms with Gasteiger partial charge in [0, 0.05) is 17.5 Å². The summed E-state index contributed by atoms with van der Waals surface area (Å²) in [6, 6.07) is 17.7. The van der Waals surface area contributed by atoms with Crippen LogP contribution in [-0.2, 0) is 6.54 Å². The van der Waals surface area contributed by atoms with Gasteiger partial charge in [0.2, 0.25) is 0 Å². The maximum atomic E-state index is 13.1. The molecule has 0 bridgehead atoms. The van der Waals surface area contributed by atoms with Crippen LogP contribution in [0.5, 0.6) is 0 Å². The standard InChI is InChI=1S/C20H17N3O/c1-3-23-19(14-9-5-4-6-10-14)22-18-17(20(23)24)13(2)15-11-7-8-12-16(15)21-18/h4-12H,3H2,1-2H3. The van der Waals surface area contributed by atoms with E-state index >= 15 is 0 Å². The van der Waals surface area contributed by atoms with Crippen molar-refractivity contribution in [3.63, 3.8) is 0 Å². The molecular weight excluding hydrogens is 298 g/mol. The molecule has 0 N–H and O–H groups in total. The molecule has 0 saturated heterocycles. The van der Waals surface area contributed by atoms with E-state index in [-0.39, 0.29) is 5.56 Å². The summed E-state index contributed by atoms with van der Waals surface area (Å²) in [6.45, 7) is 4.50. The van der Waals surface area contributed by atoms with Gasteiger partial charge in [0.15, 0.2) is 5.65 Å². The Bertz CT molecular complexity index is 1110. The largest absolute Gasteiger partial charge is 0.292 e. The number of nitrogens with zero attached hydrogens (tertiary/aromatic N) is 3. The smallest absolute Gasteiger partial charge is 0.263 e. The van der Waals surface area contributed by atoms with Crippen molar-refractivity contribution in [3.8, 4) is 11.4 Å². The lowest BCUT2D eigenvalue weighted by molar-refractivity contribution is 0.726. The highest BCUT2D eigenvalue weighted by molar-refractivity contribution is 5.95. The third-order valence-corrected chi connectivity index (χ3v) is 4.41. The number of hydrogen-bond donors (Lipinski definition) is 0. The zero-order chi connectivity index (χ0) is 16.7. The minimum Gasteiger partial charge on any atom is -0.292 e. The van der Waals surface area contributed by atoms with Crippen LogP contribution in [0.15, 0.2) is 59.4 Å². The van der Waals surface area contributed by atoms with E-state index < -0.39 is 0 Å². The summed E-state index contributed by atoms with van der Waals surface area (Å²) in [7, 11) is 0. The lowest BCUT2D eigenvalue weighted by Gasteiger charge is -2.13. The van der Waals surface area contributed by atoms with Crippen molar-refractivity contribution in [1.82, 2.24) is 14.5 Å². The first kappa shape index (κ1) is 14.6. The van der Waals surface area contributed by atoms with E-state index in [0.29, 0.717) is 23.4 Å². The van der Waals surface area contributed by atoms with Crippen molar-refractivity contribution in [3.05, 3.63) is 70.5 Å². The van der Waals surface area contributed by atoms with Crippen LogP contribution in [0.2, 0.25) is 0 Å². The molecule has 0 saturated carbocycles. The van der Waals surface area contributed by atoms with Gasteiger partial charge in [0.05, 0.1) is 10.9 Å². The molecule has 0 unspecified atom stereocenters. The van der Waals surface area contributed by atoms with Gasteiger partial charge < -0.3 is 0 Å². The SMILES string of the molecule is CCn1c(-c2ccccc2)nc2nc3ccccc3c(C)c2c1=O. The molecule has 2 aromatic carbocycles. The van der Waals surface area contributed by atoms with E-state index in [0.717, 1.165) is 22.0 Å². The maximum Gasteiger partial charge on any atom is 0.263 e. The molecule has 0 spiro atoms. The highest BCUT2D eigenvalue weighted by Gasteiger charge is 2.16. The van der Waals surface area contributed by atoms with E-state index in [4.69, 9.17) is 4.98 Å². The Balaban J connectivity index is 2.17. The molecule has 118 valence electrons. The van der Waals surface area contributed by atoms with E-state index in [2.05, 4.69) is 4.98 Å². The molecule has 0 radical (unpaired) electrons. The monoisotopic (exact) mass is 315 g/mol. The van der Waals surface area contributed by atoms with Gasteiger partial charge in [-0.15, -0.1) is 0 Å². The fourth-order valence-electron chi connectivity index (χ4n) is 3.19. The van der Waals surface area contributed by atoms with Crippen molar-refractivity contribution >= 4 is 21.9 Å². The highest BCUT2D eigenvalue weighted by atomic mass is 16.1. The van der Waals surface area contributed by atoms with E-state index in [9.17, 15) is 4.79 Å². The molecular formula is C20H17N3O. The Morgan fingerprint density at radius 3 is 2.42 bits per heavy atom. The minimum atomic E-state index is -0.0305. The van der Waals surface area contributed by atoms with Crippen LogP contribution < -0.4 is 5.56 Å². The predicted molar refractivity (Wildman–Crippen MR) is 97.2 cm³/mol. The van der Waals surface area contributed by atoms with Crippen LogP contribution >= 0.6 is 0 Å². The van der Waals surface area contributed by atoms with Gasteiger partial charge in [-0.1, -0.05) is 48.5 Å². The molecule has 2 heterocycles. The number of fused-ring (bicyclic) bond motifs is 2. The maximum absolute atomic E-state index is 13.1. The van der Waals surface area contributed by atoms with Crippen LogP contribution in [-0.4, -0.2) is 14.5 Å². The van der Waals surface area contributed by atoms with Gasteiger partial charge in [0.1, 0.15) is 5.82 Å². The first-order chi connectivity index (χ1) is 11.7. The average Bonchev–Trinajstić information content (AvgIpc) is 2.62. The number of hydrogen-bond acceptors (Lipinski definition) is 3. The van der Waals surface area contributed by atoms with Crippen LogP contribution in [0.25, 0.3) is 33.3 Å². The fraction of sp³-hybridized carbons (Fsp3) is 0.150. The van der Waals surface area contributed by atoms with Gasteiger partial charge in [-0.05, 0) is 25.5 Å². The number of rotatable bonds is 2. The Kier molecular flexibility index (Phi) is 3.38. The van der Waals surface area contributed by atoms with Crippen molar-refractivity contribution in [2.75, 3.05) is 0 Å². The number of pyridine rings is 1. The normalized spacial score (nSPS) is 11.2. The molecule has 4 aromatic rings. The van der Waals surface area contributed by atoms with Crippen LogP contribution in [0.1, 0.15) is 12.5 Å².